The summed E-state index contributed by atoms with van der Waals surface area (Å²) >= 11 is 0. The number of hydrogen-bond acceptors (Lipinski definition) is 3. The summed E-state index contributed by atoms with van der Waals surface area (Å²) in [6.45, 7) is 9.39. The maximum atomic E-state index is 6.04. The summed E-state index contributed by atoms with van der Waals surface area (Å²) in [5.74, 6) is 0.412. The van der Waals surface area contributed by atoms with E-state index in [0.717, 1.165) is 32.7 Å². The number of aryl methyl sites for hydroxylation is 1. The highest BCUT2D eigenvalue weighted by Gasteiger charge is 2.39. The number of rotatable bonds is 5. The van der Waals surface area contributed by atoms with Crippen molar-refractivity contribution in [3.05, 3.63) is 95.3 Å². The zero-order valence-corrected chi connectivity index (χ0v) is 19.5. The summed E-state index contributed by atoms with van der Waals surface area (Å²) in [7, 11) is 2.19. The van der Waals surface area contributed by atoms with Crippen LogP contribution in [0.5, 0.6) is 0 Å². The molecule has 0 bridgehead atoms. The lowest BCUT2D eigenvalue weighted by Gasteiger charge is -2.46. The van der Waals surface area contributed by atoms with Gasteiger partial charge in [-0.05, 0) is 42.7 Å². The molecule has 0 aliphatic carbocycles. The van der Waals surface area contributed by atoms with Crippen LogP contribution < -0.4 is 0 Å². The minimum Gasteiger partial charge on any atom is -0.373 e. The second-order valence-corrected chi connectivity index (χ2v) is 9.66. The first-order chi connectivity index (χ1) is 15.6. The molecule has 32 heavy (non-hydrogen) atoms. The van der Waals surface area contributed by atoms with Crippen LogP contribution in [0.3, 0.4) is 0 Å². The Labute approximate surface area is 192 Å². The predicted molar refractivity (Wildman–Crippen MR) is 129 cm³/mol. The largest absolute Gasteiger partial charge is 0.373 e. The van der Waals surface area contributed by atoms with Crippen LogP contribution in [0.1, 0.15) is 48.2 Å². The first-order valence-corrected chi connectivity index (χ1v) is 11.9. The number of fused-ring (bicyclic) bond motifs is 1. The van der Waals surface area contributed by atoms with Gasteiger partial charge in [-0.1, -0.05) is 54.6 Å². The first kappa shape index (κ1) is 21.4. The van der Waals surface area contributed by atoms with E-state index in [1.54, 1.807) is 0 Å². The fourth-order valence-corrected chi connectivity index (χ4v) is 5.84. The molecule has 4 heteroatoms. The standard InChI is InChI=1S/C28H35N3O/c1-21-16-30(17-22(2)32-21)20-26-25-13-8-7-12-24(25)19-31(18-23-10-5-4-6-11-23)28(26)27-14-9-15-29(27)3/h4-15,21-22,26,28H,16-20H2,1-3H3/t21?,22?,26-,28-/m1/s1. The molecule has 168 valence electrons. The van der Waals surface area contributed by atoms with Crippen molar-refractivity contribution in [3.63, 3.8) is 0 Å². The average molecular weight is 430 g/mol. The molecule has 0 amide bonds. The average Bonchev–Trinajstić information content (AvgIpc) is 3.19. The second-order valence-electron chi connectivity index (χ2n) is 9.66. The van der Waals surface area contributed by atoms with Gasteiger partial charge in [0.1, 0.15) is 0 Å². The van der Waals surface area contributed by atoms with Gasteiger partial charge >= 0.3 is 0 Å². The zero-order chi connectivity index (χ0) is 22.1. The van der Waals surface area contributed by atoms with Crippen molar-refractivity contribution in [3.8, 4) is 0 Å². The minimum absolute atomic E-state index is 0.284. The Balaban J connectivity index is 1.54. The Morgan fingerprint density at radius 2 is 1.59 bits per heavy atom. The molecule has 0 radical (unpaired) electrons. The maximum Gasteiger partial charge on any atom is 0.0678 e. The van der Waals surface area contributed by atoms with Crippen molar-refractivity contribution < 1.29 is 4.74 Å². The van der Waals surface area contributed by atoms with Gasteiger partial charge in [-0.3, -0.25) is 9.80 Å². The molecule has 0 N–H and O–H groups in total. The molecule has 4 nitrogen and oxygen atoms in total. The summed E-state index contributed by atoms with van der Waals surface area (Å²) in [6, 6.07) is 24.8. The molecular formula is C28H35N3O. The van der Waals surface area contributed by atoms with E-state index in [1.165, 1.54) is 22.4 Å². The fourth-order valence-electron chi connectivity index (χ4n) is 5.84. The van der Waals surface area contributed by atoms with Crippen LogP contribution in [0.4, 0.5) is 0 Å². The Hall–Kier alpha value is -2.40. The first-order valence-electron chi connectivity index (χ1n) is 11.9. The highest BCUT2D eigenvalue weighted by molar-refractivity contribution is 5.37. The molecule has 2 aliphatic rings. The van der Waals surface area contributed by atoms with Gasteiger partial charge in [0.15, 0.2) is 0 Å². The zero-order valence-electron chi connectivity index (χ0n) is 19.5. The summed E-state index contributed by atoms with van der Waals surface area (Å²) in [5.41, 5.74) is 5.75. The van der Waals surface area contributed by atoms with Crippen LogP contribution in [0.15, 0.2) is 72.9 Å². The van der Waals surface area contributed by atoms with Crippen LogP contribution in [-0.4, -0.2) is 46.2 Å². The minimum atomic E-state index is 0.284. The van der Waals surface area contributed by atoms with Crippen molar-refractivity contribution in [1.82, 2.24) is 14.4 Å². The molecule has 1 aromatic heterocycles. The molecule has 1 saturated heterocycles. The van der Waals surface area contributed by atoms with Crippen LogP contribution in [0, 0.1) is 0 Å². The predicted octanol–water partition coefficient (Wildman–Crippen LogP) is 4.98. The molecule has 1 fully saturated rings. The van der Waals surface area contributed by atoms with Gasteiger partial charge in [-0.25, -0.2) is 0 Å². The number of benzene rings is 2. The second kappa shape index (κ2) is 9.22. The lowest BCUT2D eigenvalue weighted by molar-refractivity contribution is -0.0721. The molecule has 3 aromatic rings. The summed E-state index contributed by atoms with van der Waals surface area (Å²) < 4.78 is 8.35. The van der Waals surface area contributed by atoms with E-state index >= 15 is 0 Å². The van der Waals surface area contributed by atoms with Gasteiger partial charge in [-0.15, -0.1) is 0 Å². The van der Waals surface area contributed by atoms with E-state index in [2.05, 4.69) is 108 Å². The van der Waals surface area contributed by atoms with Gasteiger partial charge in [0.05, 0.1) is 18.2 Å². The Bertz CT molecular complexity index is 1020. The molecule has 2 aromatic carbocycles. The van der Waals surface area contributed by atoms with E-state index in [-0.39, 0.29) is 12.2 Å². The van der Waals surface area contributed by atoms with Gasteiger partial charge in [0.2, 0.25) is 0 Å². The SMILES string of the molecule is CC1CN(C[C@@H]2c3ccccc3CN(Cc3ccccc3)[C@H]2c2cccn2C)CC(C)O1. The molecular weight excluding hydrogens is 394 g/mol. The topological polar surface area (TPSA) is 20.6 Å². The van der Waals surface area contributed by atoms with Crippen molar-refractivity contribution in [1.29, 1.82) is 0 Å². The molecule has 0 spiro atoms. The van der Waals surface area contributed by atoms with Gasteiger partial charge in [-0.2, -0.15) is 0 Å². The monoisotopic (exact) mass is 429 g/mol. The maximum absolute atomic E-state index is 6.04. The lowest BCUT2D eigenvalue weighted by atomic mass is 9.81. The third-order valence-electron chi connectivity index (χ3n) is 7.07. The van der Waals surface area contributed by atoms with Gasteiger partial charge in [0, 0.05) is 57.6 Å². The number of nitrogens with zero attached hydrogens (tertiary/aromatic N) is 3. The van der Waals surface area contributed by atoms with Crippen molar-refractivity contribution >= 4 is 0 Å². The third-order valence-corrected chi connectivity index (χ3v) is 7.07. The fraction of sp³-hybridized carbons (Fsp3) is 0.429. The number of hydrogen-bond donors (Lipinski definition) is 0. The number of ether oxygens (including phenoxy) is 1. The Kier molecular flexibility index (Phi) is 6.18. The summed E-state index contributed by atoms with van der Waals surface area (Å²) in [5, 5.41) is 0. The molecule has 2 unspecified atom stereocenters. The van der Waals surface area contributed by atoms with Crippen LogP contribution in [-0.2, 0) is 24.9 Å². The van der Waals surface area contributed by atoms with Crippen molar-refractivity contribution in [2.75, 3.05) is 19.6 Å². The third kappa shape index (κ3) is 4.40. The Morgan fingerprint density at radius 3 is 2.31 bits per heavy atom. The number of morpholine rings is 1. The highest BCUT2D eigenvalue weighted by Crippen LogP contribution is 2.44. The van der Waals surface area contributed by atoms with Crippen LogP contribution in [0.2, 0.25) is 0 Å². The van der Waals surface area contributed by atoms with E-state index in [1.807, 2.05) is 0 Å². The molecule has 0 saturated carbocycles. The van der Waals surface area contributed by atoms with Crippen LogP contribution in [0.25, 0.3) is 0 Å². The quantitative estimate of drug-likeness (QED) is 0.571. The highest BCUT2D eigenvalue weighted by atomic mass is 16.5. The van der Waals surface area contributed by atoms with E-state index in [4.69, 9.17) is 4.74 Å². The van der Waals surface area contributed by atoms with Gasteiger partial charge < -0.3 is 9.30 Å². The summed E-state index contributed by atoms with van der Waals surface area (Å²) in [6.07, 6.45) is 2.75. The number of aromatic nitrogens is 1. The van der Waals surface area contributed by atoms with E-state index in [9.17, 15) is 0 Å². The van der Waals surface area contributed by atoms with Crippen molar-refractivity contribution in [2.45, 2.75) is 51.1 Å². The normalized spacial score (nSPS) is 26.7. The van der Waals surface area contributed by atoms with Crippen molar-refractivity contribution in [2.24, 2.45) is 7.05 Å². The van der Waals surface area contributed by atoms with E-state index < -0.39 is 0 Å². The smallest absolute Gasteiger partial charge is 0.0678 e. The molecule has 3 heterocycles. The molecule has 5 rings (SSSR count). The Morgan fingerprint density at radius 1 is 0.875 bits per heavy atom. The van der Waals surface area contributed by atoms with Gasteiger partial charge in [0.25, 0.3) is 0 Å². The molecule has 4 atom stereocenters. The lowest BCUT2D eigenvalue weighted by Crippen LogP contribution is -2.49. The van der Waals surface area contributed by atoms with Crippen LogP contribution >= 0.6 is 0 Å². The van der Waals surface area contributed by atoms with E-state index in [0.29, 0.717) is 12.0 Å². The summed E-state index contributed by atoms with van der Waals surface area (Å²) in [4.78, 5) is 5.31. The molecule has 2 aliphatic heterocycles.